The summed E-state index contributed by atoms with van der Waals surface area (Å²) in [5.41, 5.74) is 2.53. The Morgan fingerprint density at radius 1 is 1.53 bits per heavy atom. The maximum Gasteiger partial charge on any atom is 0.161 e. The number of ketones is 1. The summed E-state index contributed by atoms with van der Waals surface area (Å²) in [6.45, 7) is 5.62. The molecule has 0 saturated carbocycles. The van der Waals surface area contributed by atoms with E-state index in [4.69, 9.17) is 11.6 Å². The van der Waals surface area contributed by atoms with Crippen molar-refractivity contribution in [2.24, 2.45) is 7.05 Å². The van der Waals surface area contributed by atoms with Gasteiger partial charge in [0, 0.05) is 7.05 Å². The van der Waals surface area contributed by atoms with E-state index in [1.54, 1.807) is 17.8 Å². The van der Waals surface area contributed by atoms with E-state index in [-0.39, 0.29) is 5.78 Å². The SMILES string of the molecule is CC(C)=CC(=O)Cc1c(Cl)c(C)nn1C. The smallest absolute Gasteiger partial charge is 0.161 e. The maximum atomic E-state index is 11.6. The number of aromatic nitrogens is 2. The average molecular weight is 227 g/mol. The van der Waals surface area contributed by atoms with Crippen molar-refractivity contribution >= 4 is 17.4 Å². The first-order valence-electron chi connectivity index (χ1n) is 4.77. The molecule has 0 amide bonds. The van der Waals surface area contributed by atoms with Crippen LogP contribution in [0.4, 0.5) is 0 Å². The van der Waals surface area contributed by atoms with Gasteiger partial charge in [0.2, 0.25) is 0 Å². The predicted octanol–water partition coefficient (Wildman–Crippen LogP) is 2.46. The molecule has 0 aliphatic heterocycles. The van der Waals surface area contributed by atoms with Crippen LogP contribution < -0.4 is 0 Å². The Labute approximate surface area is 94.7 Å². The van der Waals surface area contributed by atoms with Gasteiger partial charge in [0.05, 0.1) is 22.8 Å². The average Bonchev–Trinajstić information content (AvgIpc) is 2.31. The molecule has 0 aliphatic carbocycles. The molecule has 0 unspecified atom stereocenters. The van der Waals surface area contributed by atoms with Crippen LogP contribution in [0.25, 0.3) is 0 Å². The van der Waals surface area contributed by atoms with Gasteiger partial charge in [0.1, 0.15) is 0 Å². The van der Waals surface area contributed by atoms with Gasteiger partial charge in [-0.3, -0.25) is 9.48 Å². The van der Waals surface area contributed by atoms with E-state index >= 15 is 0 Å². The van der Waals surface area contributed by atoms with Crippen molar-refractivity contribution in [2.45, 2.75) is 27.2 Å². The van der Waals surface area contributed by atoms with Gasteiger partial charge < -0.3 is 0 Å². The first-order valence-corrected chi connectivity index (χ1v) is 5.15. The topological polar surface area (TPSA) is 34.9 Å². The van der Waals surface area contributed by atoms with Crippen LogP contribution in [0.2, 0.25) is 5.02 Å². The maximum absolute atomic E-state index is 11.6. The second-order valence-corrected chi connectivity index (χ2v) is 4.21. The predicted molar refractivity (Wildman–Crippen MR) is 61.1 cm³/mol. The molecule has 0 atom stereocenters. The van der Waals surface area contributed by atoms with E-state index in [2.05, 4.69) is 5.10 Å². The Morgan fingerprint density at radius 2 is 2.13 bits per heavy atom. The Balaban J connectivity index is 2.90. The number of aryl methyl sites for hydroxylation is 2. The second-order valence-electron chi connectivity index (χ2n) is 3.83. The fourth-order valence-electron chi connectivity index (χ4n) is 1.41. The third-order valence-electron chi connectivity index (χ3n) is 2.05. The number of hydrogen-bond acceptors (Lipinski definition) is 2. The number of hydrogen-bond donors (Lipinski definition) is 0. The zero-order valence-electron chi connectivity index (χ0n) is 9.47. The summed E-state index contributed by atoms with van der Waals surface area (Å²) in [6.07, 6.45) is 1.93. The van der Waals surface area contributed by atoms with Crippen LogP contribution in [0, 0.1) is 6.92 Å². The molecule has 1 aromatic rings. The zero-order chi connectivity index (χ0) is 11.6. The molecule has 0 bridgehead atoms. The van der Waals surface area contributed by atoms with Gasteiger partial charge in [-0.05, 0) is 26.8 Å². The molecule has 82 valence electrons. The van der Waals surface area contributed by atoms with E-state index in [0.29, 0.717) is 11.4 Å². The van der Waals surface area contributed by atoms with Crippen LogP contribution >= 0.6 is 11.6 Å². The van der Waals surface area contributed by atoms with Crippen LogP contribution in [0.5, 0.6) is 0 Å². The van der Waals surface area contributed by atoms with Crippen molar-refractivity contribution in [3.05, 3.63) is 28.1 Å². The molecular weight excluding hydrogens is 212 g/mol. The first kappa shape index (κ1) is 12.0. The van der Waals surface area contributed by atoms with E-state index in [0.717, 1.165) is 17.0 Å². The van der Waals surface area contributed by atoms with Crippen molar-refractivity contribution in [1.29, 1.82) is 0 Å². The van der Waals surface area contributed by atoms with Crippen molar-refractivity contribution in [1.82, 2.24) is 9.78 Å². The van der Waals surface area contributed by atoms with Gasteiger partial charge in [-0.2, -0.15) is 5.10 Å². The highest BCUT2D eigenvalue weighted by molar-refractivity contribution is 6.32. The molecule has 4 heteroatoms. The number of carbonyl (C=O) groups excluding carboxylic acids is 1. The third kappa shape index (κ3) is 2.93. The fourth-order valence-corrected chi connectivity index (χ4v) is 1.64. The minimum Gasteiger partial charge on any atom is -0.294 e. The largest absolute Gasteiger partial charge is 0.294 e. The highest BCUT2D eigenvalue weighted by atomic mass is 35.5. The summed E-state index contributed by atoms with van der Waals surface area (Å²) in [7, 11) is 1.80. The molecule has 1 aromatic heterocycles. The minimum absolute atomic E-state index is 0.0555. The van der Waals surface area contributed by atoms with Crippen LogP contribution in [0.15, 0.2) is 11.6 Å². The Bertz CT molecular complexity index is 414. The lowest BCUT2D eigenvalue weighted by molar-refractivity contribution is -0.114. The minimum atomic E-state index is 0.0555. The molecular formula is C11H15ClN2O. The molecule has 0 aliphatic rings. The van der Waals surface area contributed by atoms with E-state index in [1.807, 2.05) is 20.8 Å². The standard InChI is InChI=1S/C11H15ClN2O/c1-7(2)5-9(15)6-10-11(12)8(3)13-14(10)4/h5H,6H2,1-4H3. The van der Waals surface area contributed by atoms with Crippen molar-refractivity contribution < 1.29 is 4.79 Å². The molecule has 0 saturated heterocycles. The second kappa shape index (κ2) is 4.62. The number of carbonyl (C=O) groups is 1. The summed E-state index contributed by atoms with van der Waals surface area (Å²) in [4.78, 5) is 11.6. The summed E-state index contributed by atoms with van der Waals surface area (Å²) < 4.78 is 1.66. The van der Waals surface area contributed by atoms with Crippen LogP contribution in [-0.4, -0.2) is 15.6 Å². The van der Waals surface area contributed by atoms with Gasteiger partial charge in [-0.25, -0.2) is 0 Å². The summed E-state index contributed by atoms with van der Waals surface area (Å²) in [5.74, 6) is 0.0555. The highest BCUT2D eigenvalue weighted by Crippen LogP contribution is 2.20. The van der Waals surface area contributed by atoms with Gasteiger partial charge >= 0.3 is 0 Å². The van der Waals surface area contributed by atoms with E-state index < -0.39 is 0 Å². The molecule has 0 aromatic carbocycles. The lowest BCUT2D eigenvalue weighted by Gasteiger charge is -1.99. The molecule has 0 N–H and O–H groups in total. The number of allylic oxidation sites excluding steroid dienone is 2. The zero-order valence-corrected chi connectivity index (χ0v) is 10.2. The van der Waals surface area contributed by atoms with E-state index in [9.17, 15) is 4.79 Å². The number of nitrogens with zero attached hydrogens (tertiary/aromatic N) is 2. The quantitative estimate of drug-likeness (QED) is 0.743. The third-order valence-corrected chi connectivity index (χ3v) is 2.54. The first-order chi connectivity index (χ1) is 6.91. The van der Waals surface area contributed by atoms with Crippen LogP contribution in [0.1, 0.15) is 25.2 Å². The molecule has 1 rings (SSSR count). The van der Waals surface area contributed by atoms with Crippen molar-refractivity contribution in [3.63, 3.8) is 0 Å². The van der Waals surface area contributed by atoms with Gasteiger partial charge in [-0.1, -0.05) is 17.2 Å². The van der Waals surface area contributed by atoms with Crippen molar-refractivity contribution in [3.8, 4) is 0 Å². The van der Waals surface area contributed by atoms with Crippen LogP contribution in [-0.2, 0) is 18.3 Å². The highest BCUT2D eigenvalue weighted by Gasteiger charge is 2.13. The molecule has 0 spiro atoms. The summed E-state index contributed by atoms with van der Waals surface area (Å²) in [6, 6.07) is 0. The Kier molecular flexibility index (Phi) is 3.69. The van der Waals surface area contributed by atoms with Crippen LogP contribution in [0.3, 0.4) is 0 Å². The lowest BCUT2D eigenvalue weighted by Crippen LogP contribution is -2.05. The van der Waals surface area contributed by atoms with E-state index in [1.165, 1.54) is 0 Å². The van der Waals surface area contributed by atoms with Gasteiger partial charge in [-0.15, -0.1) is 0 Å². The Morgan fingerprint density at radius 3 is 2.53 bits per heavy atom. The summed E-state index contributed by atoms with van der Waals surface area (Å²) in [5, 5.41) is 4.75. The summed E-state index contributed by atoms with van der Waals surface area (Å²) >= 11 is 6.04. The molecule has 0 radical (unpaired) electrons. The van der Waals surface area contributed by atoms with Gasteiger partial charge in [0.15, 0.2) is 5.78 Å². The number of rotatable bonds is 3. The normalized spacial score (nSPS) is 10.2. The monoisotopic (exact) mass is 226 g/mol. The molecule has 1 heterocycles. The molecule has 15 heavy (non-hydrogen) atoms. The molecule has 3 nitrogen and oxygen atoms in total. The number of halogens is 1. The Hall–Kier alpha value is -1.09. The lowest BCUT2D eigenvalue weighted by atomic mass is 10.1. The van der Waals surface area contributed by atoms with Gasteiger partial charge in [0.25, 0.3) is 0 Å². The van der Waals surface area contributed by atoms with Crippen molar-refractivity contribution in [2.75, 3.05) is 0 Å². The molecule has 0 fully saturated rings. The fraction of sp³-hybridized carbons (Fsp3) is 0.455.